The normalized spacial score (nSPS) is 12.5. The number of amides is 3. The third kappa shape index (κ3) is 4.16. The second-order valence-electron chi connectivity index (χ2n) is 6.57. The number of carbonyl (C=O) groups excluding carboxylic acids is 3. The zero-order valence-electron chi connectivity index (χ0n) is 15.7. The van der Waals surface area contributed by atoms with Crippen LogP contribution in [0.3, 0.4) is 0 Å². The van der Waals surface area contributed by atoms with E-state index in [2.05, 4.69) is 10.6 Å². The second kappa shape index (κ2) is 8.47. The van der Waals surface area contributed by atoms with Gasteiger partial charge in [-0.25, -0.2) is 4.90 Å². The summed E-state index contributed by atoms with van der Waals surface area (Å²) in [6.45, 7) is 0. The van der Waals surface area contributed by atoms with E-state index in [4.69, 9.17) is 35.4 Å². The summed E-state index contributed by atoms with van der Waals surface area (Å²) in [4.78, 5) is 38.6. The molecule has 6 nitrogen and oxygen atoms in total. The summed E-state index contributed by atoms with van der Waals surface area (Å²) in [5.74, 6) is -1.25. The Morgan fingerprint density at radius 3 is 2.10 bits per heavy atom. The second-order valence-corrected chi connectivity index (χ2v) is 7.82. The van der Waals surface area contributed by atoms with Gasteiger partial charge in [0.2, 0.25) is 0 Å². The fourth-order valence-electron chi connectivity index (χ4n) is 3.12. The first-order valence-corrected chi connectivity index (χ1v) is 10.2. The van der Waals surface area contributed by atoms with Crippen molar-refractivity contribution in [3.8, 4) is 0 Å². The molecule has 4 rings (SSSR count). The Morgan fingerprint density at radius 1 is 0.871 bits per heavy atom. The SMILES string of the molecule is O=C(NC(=S)Nc1ccc(N2C(=O)c3ccccc3C2=O)cc1)c1cc(Cl)ccc1Cl. The van der Waals surface area contributed by atoms with E-state index in [1.165, 1.54) is 12.1 Å². The first kappa shape index (κ1) is 21.0. The van der Waals surface area contributed by atoms with Gasteiger partial charge in [0, 0.05) is 10.7 Å². The molecule has 3 amide bonds. The quantitative estimate of drug-likeness (QED) is 0.420. The minimum Gasteiger partial charge on any atom is -0.332 e. The summed E-state index contributed by atoms with van der Waals surface area (Å²) >= 11 is 17.1. The Balaban J connectivity index is 1.44. The molecule has 9 heteroatoms. The van der Waals surface area contributed by atoms with Crippen molar-refractivity contribution in [1.82, 2.24) is 5.32 Å². The van der Waals surface area contributed by atoms with Gasteiger partial charge >= 0.3 is 0 Å². The highest BCUT2D eigenvalue weighted by atomic mass is 35.5. The minimum atomic E-state index is -0.507. The van der Waals surface area contributed by atoms with Crippen LogP contribution in [0.25, 0.3) is 0 Å². The predicted molar refractivity (Wildman–Crippen MR) is 124 cm³/mol. The van der Waals surface area contributed by atoms with Crippen LogP contribution in [0, 0.1) is 0 Å². The molecule has 31 heavy (non-hydrogen) atoms. The monoisotopic (exact) mass is 469 g/mol. The predicted octanol–water partition coefficient (Wildman–Crippen LogP) is 4.92. The van der Waals surface area contributed by atoms with Crippen molar-refractivity contribution in [2.45, 2.75) is 0 Å². The molecule has 0 fully saturated rings. The van der Waals surface area contributed by atoms with Crippen molar-refractivity contribution in [2.24, 2.45) is 0 Å². The van der Waals surface area contributed by atoms with E-state index in [1.54, 1.807) is 54.6 Å². The fraction of sp³-hybridized carbons (Fsp3) is 0. The van der Waals surface area contributed by atoms with Crippen LogP contribution in [0.5, 0.6) is 0 Å². The lowest BCUT2D eigenvalue weighted by molar-refractivity contribution is 0.0923. The highest BCUT2D eigenvalue weighted by Crippen LogP contribution is 2.29. The van der Waals surface area contributed by atoms with Gasteiger partial charge in [-0.1, -0.05) is 35.3 Å². The molecular weight excluding hydrogens is 457 g/mol. The van der Waals surface area contributed by atoms with E-state index < -0.39 is 5.91 Å². The number of fused-ring (bicyclic) bond motifs is 1. The maximum Gasteiger partial charge on any atom is 0.266 e. The molecule has 0 unspecified atom stereocenters. The molecule has 3 aromatic rings. The van der Waals surface area contributed by atoms with Crippen molar-refractivity contribution in [1.29, 1.82) is 0 Å². The van der Waals surface area contributed by atoms with Crippen LogP contribution in [-0.4, -0.2) is 22.8 Å². The van der Waals surface area contributed by atoms with Gasteiger partial charge in [-0.05, 0) is 66.8 Å². The summed E-state index contributed by atoms with van der Waals surface area (Å²) in [5.41, 5.74) is 1.93. The molecule has 0 aromatic heterocycles. The molecule has 1 aliphatic rings. The highest BCUT2D eigenvalue weighted by molar-refractivity contribution is 7.80. The Kier molecular flexibility index (Phi) is 5.73. The molecule has 0 spiro atoms. The summed E-state index contributed by atoms with van der Waals surface area (Å²) < 4.78 is 0. The van der Waals surface area contributed by atoms with Crippen LogP contribution < -0.4 is 15.5 Å². The zero-order valence-corrected chi connectivity index (χ0v) is 18.0. The maximum absolute atomic E-state index is 12.6. The molecule has 0 radical (unpaired) electrons. The summed E-state index contributed by atoms with van der Waals surface area (Å²) in [6, 6.07) is 17.7. The third-order valence-electron chi connectivity index (χ3n) is 4.58. The smallest absolute Gasteiger partial charge is 0.266 e. The largest absolute Gasteiger partial charge is 0.332 e. The number of imide groups is 1. The van der Waals surface area contributed by atoms with Crippen LogP contribution in [0.15, 0.2) is 66.7 Å². The molecule has 0 atom stereocenters. The molecular formula is C22H13Cl2N3O3S. The van der Waals surface area contributed by atoms with E-state index >= 15 is 0 Å². The van der Waals surface area contributed by atoms with Crippen molar-refractivity contribution < 1.29 is 14.4 Å². The van der Waals surface area contributed by atoms with Crippen LogP contribution >= 0.6 is 35.4 Å². The van der Waals surface area contributed by atoms with Crippen molar-refractivity contribution >= 4 is 69.6 Å². The highest BCUT2D eigenvalue weighted by Gasteiger charge is 2.36. The number of thiocarbonyl (C=S) groups is 1. The molecule has 0 aliphatic carbocycles. The number of rotatable bonds is 3. The van der Waals surface area contributed by atoms with Gasteiger partial charge in [-0.3, -0.25) is 19.7 Å². The molecule has 3 aromatic carbocycles. The van der Waals surface area contributed by atoms with Crippen LogP contribution in [0.2, 0.25) is 10.0 Å². The lowest BCUT2D eigenvalue weighted by atomic mass is 10.1. The van der Waals surface area contributed by atoms with Crippen molar-refractivity contribution in [3.05, 3.63) is 93.5 Å². The Morgan fingerprint density at radius 2 is 1.48 bits per heavy atom. The Labute approximate surface area is 192 Å². The Hall–Kier alpha value is -3.26. The first-order valence-electron chi connectivity index (χ1n) is 9.00. The lowest BCUT2D eigenvalue weighted by Gasteiger charge is -2.15. The third-order valence-corrected chi connectivity index (χ3v) is 5.35. The van der Waals surface area contributed by atoms with E-state index in [-0.39, 0.29) is 27.5 Å². The molecule has 154 valence electrons. The average molecular weight is 470 g/mol. The zero-order chi connectivity index (χ0) is 22.1. The summed E-state index contributed by atoms with van der Waals surface area (Å²) in [5, 5.41) is 6.07. The molecule has 2 N–H and O–H groups in total. The number of hydrogen-bond donors (Lipinski definition) is 2. The summed E-state index contributed by atoms with van der Waals surface area (Å²) in [6.07, 6.45) is 0. The van der Waals surface area contributed by atoms with E-state index in [0.29, 0.717) is 27.5 Å². The fourth-order valence-corrected chi connectivity index (χ4v) is 3.71. The van der Waals surface area contributed by atoms with Gasteiger partial charge in [0.25, 0.3) is 17.7 Å². The number of nitrogens with one attached hydrogen (secondary N) is 2. The number of carbonyl (C=O) groups is 3. The van der Waals surface area contributed by atoms with Gasteiger partial charge in [0.15, 0.2) is 5.11 Å². The van der Waals surface area contributed by atoms with E-state index in [0.717, 1.165) is 4.90 Å². The van der Waals surface area contributed by atoms with Crippen molar-refractivity contribution in [2.75, 3.05) is 10.2 Å². The minimum absolute atomic E-state index is 0.0505. The number of benzene rings is 3. The molecule has 0 saturated carbocycles. The number of halogens is 2. The maximum atomic E-state index is 12.6. The van der Waals surface area contributed by atoms with E-state index in [1.807, 2.05) is 0 Å². The van der Waals surface area contributed by atoms with Gasteiger partial charge in [-0.15, -0.1) is 0 Å². The molecule has 0 bridgehead atoms. The van der Waals surface area contributed by atoms with Gasteiger partial charge < -0.3 is 5.32 Å². The molecule has 1 heterocycles. The van der Waals surface area contributed by atoms with E-state index in [9.17, 15) is 14.4 Å². The van der Waals surface area contributed by atoms with Gasteiger partial charge in [-0.2, -0.15) is 0 Å². The summed E-state index contributed by atoms with van der Waals surface area (Å²) in [7, 11) is 0. The Bertz CT molecular complexity index is 1210. The van der Waals surface area contributed by atoms with Crippen LogP contribution in [-0.2, 0) is 0 Å². The van der Waals surface area contributed by atoms with Crippen LogP contribution in [0.1, 0.15) is 31.1 Å². The first-order chi connectivity index (χ1) is 14.8. The van der Waals surface area contributed by atoms with Gasteiger partial charge in [0.1, 0.15) is 0 Å². The lowest BCUT2D eigenvalue weighted by Crippen LogP contribution is -2.34. The molecule has 0 saturated heterocycles. The number of anilines is 2. The number of hydrogen-bond acceptors (Lipinski definition) is 4. The number of nitrogens with zero attached hydrogens (tertiary/aromatic N) is 1. The van der Waals surface area contributed by atoms with Crippen molar-refractivity contribution in [3.63, 3.8) is 0 Å². The van der Waals surface area contributed by atoms with Gasteiger partial charge in [0.05, 0.1) is 27.4 Å². The average Bonchev–Trinajstić information content (AvgIpc) is 3.01. The molecule has 1 aliphatic heterocycles. The topological polar surface area (TPSA) is 78.5 Å². The van der Waals surface area contributed by atoms with Crippen LogP contribution in [0.4, 0.5) is 11.4 Å². The standard InChI is InChI=1S/C22H13Cl2N3O3S/c23-12-5-10-18(24)17(11-12)19(28)26-22(31)25-13-6-8-14(9-7-13)27-20(29)15-3-1-2-4-16(15)21(27)30/h1-11H,(H2,25,26,28,31).